The minimum absolute atomic E-state index is 0.126. The molecule has 226 valence electrons. The number of benzene rings is 3. The number of para-hydroxylation sites is 1. The third-order valence-corrected chi connectivity index (χ3v) is 7.39. The number of piperazine rings is 1. The standard InChI is InChI=1S/C33H27F4N3O4/c34-26-9-5-4-6-23(26)20-40-19-21(16-22-10-11-27(35)31(37)30(22)36)17-25(32(40)43)28(41)18-29(42)33(44)39-14-12-38(13-15-39)24-7-2-1-3-8-24/h1-11,17-19,41H,12-16,20H2/b28-18-. The van der Waals surface area contributed by atoms with Gasteiger partial charge in [-0.3, -0.25) is 14.4 Å². The van der Waals surface area contributed by atoms with Gasteiger partial charge < -0.3 is 19.5 Å². The lowest BCUT2D eigenvalue weighted by Crippen LogP contribution is -2.50. The van der Waals surface area contributed by atoms with E-state index in [1.54, 1.807) is 6.07 Å². The first-order valence-corrected chi connectivity index (χ1v) is 13.8. The van der Waals surface area contributed by atoms with Gasteiger partial charge in [-0.2, -0.15) is 0 Å². The minimum atomic E-state index is -1.67. The van der Waals surface area contributed by atoms with Gasteiger partial charge in [0, 0.05) is 56.1 Å². The van der Waals surface area contributed by atoms with Crippen LogP contribution in [-0.2, 0) is 22.6 Å². The van der Waals surface area contributed by atoms with Crippen LogP contribution in [0, 0.1) is 23.3 Å². The van der Waals surface area contributed by atoms with Crippen molar-refractivity contribution in [3.63, 3.8) is 0 Å². The Kier molecular flexibility index (Phi) is 8.94. The monoisotopic (exact) mass is 605 g/mol. The normalized spacial score (nSPS) is 13.7. The molecule has 5 rings (SSSR count). The fourth-order valence-corrected chi connectivity index (χ4v) is 5.05. The first kappa shape index (κ1) is 30.3. The zero-order valence-electron chi connectivity index (χ0n) is 23.4. The van der Waals surface area contributed by atoms with E-state index in [2.05, 4.69) is 4.90 Å². The number of nitrogens with zero attached hydrogens (tertiary/aromatic N) is 3. The molecule has 44 heavy (non-hydrogen) atoms. The molecule has 0 bridgehead atoms. The molecule has 1 fully saturated rings. The third kappa shape index (κ3) is 6.56. The van der Waals surface area contributed by atoms with Gasteiger partial charge >= 0.3 is 0 Å². The fraction of sp³-hybridized carbons (Fsp3) is 0.182. The second-order valence-corrected chi connectivity index (χ2v) is 10.3. The maximum Gasteiger partial charge on any atom is 0.294 e. The molecule has 0 unspecified atom stereocenters. The Morgan fingerprint density at radius 3 is 2.18 bits per heavy atom. The number of aromatic nitrogens is 1. The van der Waals surface area contributed by atoms with Crippen molar-refractivity contribution in [3.05, 3.63) is 141 Å². The predicted octanol–water partition coefficient (Wildman–Crippen LogP) is 4.86. The highest BCUT2D eigenvalue weighted by Crippen LogP contribution is 2.21. The summed E-state index contributed by atoms with van der Waals surface area (Å²) >= 11 is 0. The summed E-state index contributed by atoms with van der Waals surface area (Å²) in [7, 11) is 0. The summed E-state index contributed by atoms with van der Waals surface area (Å²) in [4.78, 5) is 42.6. The van der Waals surface area contributed by atoms with Crippen molar-refractivity contribution < 1.29 is 32.3 Å². The highest BCUT2D eigenvalue weighted by molar-refractivity contribution is 6.41. The fourth-order valence-electron chi connectivity index (χ4n) is 5.05. The van der Waals surface area contributed by atoms with Crippen molar-refractivity contribution >= 4 is 23.1 Å². The summed E-state index contributed by atoms with van der Waals surface area (Å²) < 4.78 is 57.3. The van der Waals surface area contributed by atoms with Crippen LogP contribution in [-0.4, -0.2) is 52.4 Å². The van der Waals surface area contributed by atoms with Gasteiger partial charge in [0.2, 0.25) is 5.78 Å². The number of halogens is 4. The molecule has 2 heterocycles. The van der Waals surface area contributed by atoms with E-state index in [-0.39, 0.29) is 42.7 Å². The van der Waals surface area contributed by atoms with Crippen molar-refractivity contribution in [1.82, 2.24) is 9.47 Å². The van der Waals surface area contributed by atoms with Crippen molar-refractivity contribution in [2.24, 2.45) is 0 Å². The molecule has 0 spiro atoms. The van der Waals surface area contributed by atoms with Crippen LogP contribution in [0.1, 0.15) is 22.3 Å². The van der Waals surface area contributed by atoms with Crippen molar-refractivity contribution in [2.45, 2.75) is 13.0 Å². The summed E-state index contributed by atoms with van der Waals surface area (Å²) in [6.45, 7) is 1.21. The van der Waals surface area contributed by atoms with Crippen LogP contribution in [0.15, 0.2) is 89.9 Å². The number of aliphatic hydroxyl groups excluding tert-OH is 1. The van der Waals surface area contributed by atoms with Gasteiger partial charge in [-0.05, 0) is 41.5 Å². The highest BCUT2D eigenvalue weighted by Gasteiger charge is 2.26. The molecule has 0 saturated carbocycles. The number of rotatable bonds is 8. The topological polar surface area (TPSA) is 82.8 Å². The summed E-state index contributed by atoms with van der Waals surface area (Å²) in [5.74, 6) is -7.83. The molecule has 4 aromatic rings. The molecule has 0 aliphatic carbocycles. The molecule has 1 aliphatic rings. The molecular weight excluding hydrogens is 578 g/mol. The maximum atomic E-state index is 14.5. The second-order valence-electron chi connectivity index (χ2n) is 10.3. The molecule has 3 aromatic carbocycles. The van der Waals surface area contributed by atoms with E-state index in [1.807, 2.05) is 30.3 Å². The van der Waals surface area contributed by atoms with Crippen LogP contribution in [0.25, 0.3) is 5.76 Å². The highest BCUT2D eigenvalue weighted by atomic mass is 19.2. The smallest absolute Gasteiger partial charge is 0.294 e. The van der Waals surface area contributed by atoms with Gasteiger partial charge in [0.1, 0.15) is 11.6 Å². The number of hydrogen-bond donors (Lipinski definition) is 1. The Balaban J connectivity index is 1.42. The molecule has 0 radical (unpaired) electrons. The number of anilines is 1. The van der Waals surface area contributed by atoms with Gasteiger partial charge in [-0.1, -0.05) is 42.5 Å². The second kappa shape index (κ2) is 13.0. The van der Waals surface area contributed by atoms with Crippen LogP contribution in [0.4, 0.5) is 23.2 Å². The van der Waals surface area contributed by atoms with Gasteiger partial charge in [-0.15, -0.1) is 0 Å². The number of ketones is 1. The van der Waals surface area contributed by atoms with E-state index in [4.69, 9.17) is 0 Å². The van der Waals surface area contributed by atoms with Gasteiger partial charge in [0.25, 0.3) is 11.5 Å². The van der Waals surface area contributed by atoms with E-state index in [1.165, 1.54) is 29.3 Å². The first-order valence-electron chi connectivity index (χ1n) is 13.8. The summed E-state index contributed by atoms with van der Waals surface area (Å²) in [5.41, 5.74) is -0.212. The molecule has 1 aromatic heterocycles. The zero-order chi connectivity index (χ0) is 31.4. The molecule has 1 N–H and O–H groups in total. The Morgan fingerprint density at radius 2 is 1.48 bits per heavy atom. The largest absolute Gasteiger partial charge is 0.507 e. The predicted molar refractivity (Wildman–Crippen MR) is 156 cm³/mol. The summed E-state index contributed by atoms with van der Waals surface area (Å²) in [6.07, 6.45) is 1.57. The lowest BCUT2D eigenvalue weighted by molar-refractivity contribution is -0.142. The Labute approximate surface area is 249 Å². The zero-order valence-corrected chi connectivity index (χ0v) is 23.4. The average Bonchev–Trinajstić information content (AvgIpc) is 3.03. The van der Waals surface area contributed by atoms with E-state index >= 15 is 0 Å². The minimum Gasteiger partial charge on any atom is -0.507 e. The Bertz CT molecular complexity index is 1800. The SMILES string of the molecule is O=C(/C=C(\O)c1cc(Cc2ccc(F)c(F)c2F)cn(Cc2ccccc2F)c1=O)C(=O)N1CCN(c2ccccc2)CC1. The summed E-state index contributed by atoms with van der Waals surface area (Å²) in [6, 6.07) is 18.2. The van der Waals surface area contributed by atoms with E-state index in [0.717, 1.165) is 28.5 Å². The van der Waals surface area contributed by atoms with Crippen LogP contribution < -0.4 is 10.5 Å². The lowest BCUT2D eigenvalue weighted by atomic mass is 10.0. The first-order chi connectivity index (χ1) is 21.1. The number of pyridine rings is 1. The van der Waals surface area contributed by atoms with Gasteiger partial charge in [0.15, 0.2) is 17.5 Å². The number of amides is 1. The van der Waals surface area contributed by atoms with Crippen LogP contribution in [0.5, 0.6) is 0 Å². The van der Waals surface area contributed by atoms with Crippen molar-refractivity contribution in [1.29, 1.82) is 0 Å². The molecule has 1 aliphatic heterocycles. The van der Waals surface area contributed by atoms with E-state index < -0.39 is 51.8 Å². The molecule has 7 nitrogen and oxygen atoms in total. The molecule has 11 heteroatoms. The van der Waals surface area contributed by atoms with E-state index in [0.29, 0.717) is 19.2 Å². The maximum absolute atomic E-state index is 14.5. The Hall–Kier alpha value is -5.19. The molecule has 1 saturated heterocycles. The Morgan fingerprint density at radius 1 is 0.795 bits per heavy atom. The van der Waals surface area contributed by atoms with Crippen molar-refractivity contribution in [3.8, 4) is 0 Å². The van der Waals surface area contributed by atoms with Gasteiger partial charge in [-0.25, -0.2) is 17.6 Å². The number of hydrogen-bond acceptors (Lipinski definition) is 5. The van der Waals surface area contributed by atoms with E-state index in [9.17, 15) is 37.1 Å². The number of aliphatic hydroxyl groups is 1. The van der Waals surface area contributed by atoms with Gasteiger partial charge in [0.05, 0.1) is 12.1 Å². The molecule has 0 atom stereocenters. The van der Waals surface area contributed by atoms with Crippen LogP contribution in [0.3, 0.4) is 0 Å². The summed E-state index contributed by atoms with van der Waals surface area (Å²) in [5, 5.41) is 10.9. The average molecular weight is 606 g/mol. The van der Waals surface area contributed by atoms with Crippen LogP contribution in [0.2, 0.25) is 0 Å². The quantitative estimate of drug-likeness (QED) is 0.102. The van der Waals surface area contributed by atoms with Crippen LogP contribution >= 0.6 is 0 Å². The van der Waals surface area contributed by atoms with Crippen molar-refractivity contribution in [2.75, 3.05) is 31.1 Å². The molecule has 1 amide bonds. The number of carbonyl (C=O) groups excluding carboxylic acids is 2. The third-order valence-electron chi connectivity index (χ3n) is 7.39. The number of carbonyl (C=O) groups is 2. The molecular formula is C33H27F4N3O4. The lowest BCUT2D eigenvalue weighted by Gasteiger charge is -2.35.